The van der Waals surface area contributed by atoms with Crippen molar-refractivity contribution in [2.75, 3.05) is 6.61 Å². The molecule has 1 aromatic heterocycles. The summed E-state index contributed by atoms with van der Waals surface area (Å²) in [5.74, 6) is -1.01. The number of nitrogens with zero attached hydrogens (tertiary/aromatic N) is 1. The molecule has 0 radical (unpaired) electrons. The van der Waals surface area contributed by atoms with Gasteiger partial charge in [0.1, 0.15) is 16.8 Å². The van der Waals surface area contributed by atoms with Crippen molar-refractivity contribution in [3.63, 3.8) is 0 Å². The van der Waals surface area contributed by atoms with Gasteiger partial charge in [0, 0.05) is 11.6 Å². The van der Waals surface area contributed by atoms with Crippen molar-refractivity contribution in [1.82, 2.24) is 10.3 Å². The molecular weight excluding hydrogens is 344 g/mol. The first-order valence-electron chi connectivity index (χ1n) is 8.22. The van der Waals surface area contributed by atoms with Crippen LogP contribution in [0, 0.1) is 0 Å². The zero-order chi connectivity index (χ0) is 17.9. The summed E-state index contributed by atoms with van der Waals surface area (Å²) < 4.78 is 5.58. The van der Waals surface area contributed by atoms with Crippen LogP contribution in [0.2, 0.25) is 5.02 Å². The van der Waals surface area contributed by atoms with Gasteiger partial charge in [0.05, 0.1) is 5.02 Å². The van der Waals surface area contributed by atoms with Crippen molar-refractivity contribution in [2.24, 2.45) is 0 Å². The van der Waals surface area contributed by atoms with Crippen molar-refractivity contribution in [2.45, 2.75) is 37.6 Å². The van der Waals surface area contributed by atoms with Crippen molar-refractivity contribution in [3.8, 4) is 5.75 Å². The molecule has 132 valence electrons. The number of hydrogen-bond acceptors (Lipinski definition) is 4. The molecule has 1 fully saturated rings. The molecule has 1 aromatic carbocycles. The minimum atomic E-state index is -1.18. The maximum Gasteiger partial charge on any atom is 0.329 e. The Balaban J connectivity index is 1.70. The number of carboxylic acid groups (broad SMARTS) is 1. The summed E-state index contributed by atoms with van der Waals surface area (Å²) in [6, 6.07) is 6.92. The van der Waals surface area contributed by atoms with E-state index < -0.39 is 17.4 Å². The maximum atomic E-state index is 12.3. The number of ether oxygens (including phenoxy) is 1. The van der Waals surface area contributed by atoms with Crippen molar-refractivity contribution >= 4 is 34.4 Å². The maximum absolute atomic E-state index is 12.3. The third-order valence-corrected chi connectivity index (χ3v) is 4.86. The quantitative estimate of drug-likeness (QED) is 0.852. The molecule has 0 saturated heterocycles. The molecule has 0 bridgehead atoms. The molecule has 0 aliphatic heterocycles. The summed E-state index contributed by atoms with van der Waals surface area (Å²) in [4.78, 5) is 28.1. The first-order chi connectivity index (χ1) is 12.0. The van der Waals surface area contributed by atoms with Crippen LogP contribution in [0.15, 0.2) is 30.5 Å². The summed E-state index contributed by atoms with van der Waals surface area (Å²) in [6.45, 7) is -0.275. The van der Waals surface area contributed by atoms with E-state index in [-0.39, 0.29) is 6.61 Å². The fraction of sp³-hybridized carbons (Fsp3) is 0.389. The van der Waals surface area contributed by atoms with E-state index in [1.165, 1.54) is 0 Å². The molecule has 1 saturated carbocycles. The normalized spacial score (nSPS) is 16.4. The monoisotopic (exact) mass is 362 g/mol. The minimum Gasteiger partial charge on any atom is -0.481 e. The number of hydrogen-bond donors (Lipinski definition) is 2. The summed E-state index contributed by atoms with van der Waals surface area (Å²) in [5, 5.41) is 13.4. The summed E-state index contributed by atoms with van der Waals surface area (Å²) in [7, 11) is 0. The molecule has 1 heterocycles. The number of aliphatic carboxylic acids is 1. The highest BCUT2D eigenvalue weighted by Gasteiger charge is 2.40. The largest absolute Gasteiger partial charge is 0.481 e. The van der Waals surface area contributed by atoms with Gasteiger partial charge in [0.25, 0.3) is 5.91 Å². The molecule has 0 spiro atoms. The number of amides is 1. The summed E-state index contributed by atoms with van der Waals surface area (Å²) >= 11 is 6.13. The van der Waals surface area contributed by atoms with Gasteiger partial charge in [-0.2, -0.15) is 0 Å². The molecule has 0 atom stereocenters. The fourth-order valence-corrected chi connectivity index (χ4v) is 3.44. The smallest absolute Gasteiger partial charge is 0.329 e. The third-order valence-electron chi connectivity index (χ3n) is 4.53. The zero-order valence-electron chi connectivity index (χ0n) is 13.6. The number of pyridine rings is 1. The molecule has 0 unspecified atom stereocenters. The zero-order valence-corrected chi connectivity index (χ0v) is 14.4. The first-order valence-corrected chi connectivity index (χ1v) is 8.60. The van der Waals surface area contributed by atoms with Crippen LogP contribution in [0.1, 0.15) is 32.1 Å². The van der Waals surface area contributed by atoms with Gasteiger partial charge in [-0.05, 0) is 37.1 Å². The molecule has 2 N–H and O–H groups in total. The molecule has 1 aliphatic carbocycles. The molecule has 1 aliphatic rings. The Labute approximate surface area is 150 Å². The van der Waals surface area contributed by atoms with E-state index in [9.17, 15) is 14.7 Å². The predicted molar refractivity (Wildman–Crippen MR) is 93.8 cm³/mol. The fourth-order valence-electron chi connectivity index (χ4n) is 3.22. The number of benzene rings is 1. The molecule has 1 amide bonds. The Bertz CT molecular complexity index is 803. The van der Waals surface area contributed by atoms with Crippen molar-refractivity contribution in [1.29, 1.82) is 0 Å². The number of rotatable bonds is 5. The van der Waals surface area contributed by atoms with Crippen molar-refractivity contribution in [3.05, 3.63) is 35.5 Å². The topological polar surface area (TPSA) is 88.5 Å². The van der Waals surface area contributed by atoms with Gasteiger partial charge in [-0.3, -0.25) is 9.78 Å². The van der Waals surface area contributed by atoms with Gasteiger partial charge in [0.15, 0.2) is 6.61 Å². The van der Waals surface area contributed by atoms with E-state index in [0.717, 1.165) is 24.6 Å². The molecule has 3 rings (SSSR count). The second-order valence-electron chi connectivity index (χ2n) is 6.23. The average Bonchev–Trinajstić information content (AvgIpc) is 2.62. The Morgan fingerprint density at radius 1 is 1.24 bits per heavy atom. The predicted octanol–water partition coefficient (Wildman–Crippen LogP) is 3.17. The SMILES string of the molecule is O=C(COc1ccc(Cl)c2cccnc12)NC1(C(=O)O)CCCCC1. The van der Waals surface area contributed by atoms with E-state index >= 15 is 0 Å². The molecule has 7 heteroatoms. The van der Waals surface area contributed by atoms with Crippen LogP contribution in [0.5, 0.6) is 5.75 Å². The van der Waals surface area contributed by atoms with Gasteiger partial charge < -0.3 is 15.2 Å². The Morgan fingerprint density at radius 3 is 2.72 bits per heavy atom. The number of carbonyl (C=O) groups is 2. The van der Waals surface area contributed by atoms with E-state index in [2.05, 4.69) is 10.3 Å². The summed E-state index contributed by atoms with van der Waals surface area (Å²) in [5.41, 5.74) is -0.618. The van der Waals surface area contributed by atoms with Crippen LogP contribution in [0.25, 0.3) is 10.9 Å². The Kier molecular flexibility index (Phi) is 5.08. The van der Waals surface area contributed by atoms with Crippen molar-refractivity contribution < 1.29 is 19.4 Å². The number of fused-ring (bicyclic) bond motifs is 1. The van der Waals surface area contributed by atoms with Crippen LogP contribution < -0.4 is 10.1 Å². The van der Waals surface area contributed by atoms with Crippen LogP contribution in [-0.2, 0) is 9.59 Å². The summed E-state index contributed by atoms with van der Waals surface area (Å²) in [6.07, 6.45) is 5.08. The molecule has 25 heavy (non-hydrogen) atoms. The van der Waals surface area contributed by atoms with Crippen LogP contribution in [-0.4, -0.2) is 34.1 Å². The molecule has 6 nitrogen and oxygen atoms in total. The average molecular weight is 363 g/mol. The lowest BCUT2D eigenvalue weighted by Gasteiger charge is -2.33. The number of carboxylic acids is 1. The van der Waals surface area contributed by atoms with Gasteiger partial charge in [-0.25, -0.2) is 4.79 Å². The van der Waals surface area contributed by atoms with E-state index in [4.69, 9.17) is 16.3 Å². The van der Waals surface area contributed by atoms with Crippen LogP contribution in [0.4, 0.5) is 0 Å². The second kappa shape index (κ2) is 7.27. The number of nitrogens with one attached hydrogen (secondary N) is 1. The lowest BCUT2D eigenvalue weighted by atomic mass is 9.81. The molecular formula is C18H19ClN2O4. The third kappa shape index (κ3) is 3.69. The lowest BCUT2D eigenvalue weighted by molar-refractivity contribution is -0.149. The Hall–Kier alpha value is -2.34. The highest BCUT2D eigenvalue weighted by Crippen LogP contribution is 2.30. The second-order valence-corrected chi connectivity index (χ2v) is 6.64. The standard InChI is InChI=1S/C18H19ClN2O4/c19-13-6-7-14(16-12(13)5-4-10-20-16)25-11-15(22)21-18(17(23)24)8-2-1-3-9-18/h4-7,10H,1-3,8-9,11H2,(H,21,22)(H,23,24). The Morgan fingerprint density at radius 2 is 2.00 bits per heavy atom. The van der Waals surface area contributed by atoms with Gasteiger partial charge >= 0.3 is 5.97 Å². The number of aromatic nitrogens is 1. The van der Waals surface area contributed by atoms with E-state index in [1.807, 2.05) is 6.07 Å². The molecule has 2 aromatic rings. The van der Waals surface area contributed by atoms with E-state index in [1.54, 1.807) is 24.4 Å². The van der Waals surface area contributed by atoms with Crippen LogP contribution in [0.3, 0.4) is 0 Å². The van der Waals surface area contributed by atoms with Gasteiger partial charge in [-0.15, -0.1) is 0 Å². The van der Waals surface area contributed by atoms with Crippen LogP contribution >= 0.6 is 11.6 Å². The highest BCUT2D eigenvalue weighted by atomic mass is 35.5. The number of halogens is 1. The van der Waals surface area contributed by atoms with E-state index in [0.29, 0.717) is 29.1 Å². The first kappa shape index (κ1) is 17.5. The van der Waals surface area contributed by atoms with Gasteiger partial charge in [0.2, 0.25) is 0 Å². The highest BCUT2D eigenvalue weighted by molar-refractivity contribution is 6.35. The minimum absolute atomic E-state index is 0.275. The lowest BCUT2D eigenvalue weighted by Crippen LogP contribution is -2.56. The van der Waals surface area contributed by atoms with Gasteiger partial charge in [-0.1, -0.05) is 30.9 Å². The number of carbonyl (C=O) groups excluding carboxylic acids is 1.